The SMILES string of the molecule is Nc1cccc2c1CCCN2C(=O)CCC(=O)N1CCc2sccc2C1. The van der Waals surface area contributed by atoms with Gasteiger partial charge in [-0.15, -0.1) is 11.3 Å². The van der Waals surface area contributed by atoms with Crippen molar-refractivity contribution in [2.24, 2.45) is 0 Å². The van der Waals surface area contributed by atoms with Gasteiger partial charge in [0.2, 0.25) is 11.8 Å². The summed E-state index contributed by atoms with van der Waals surface area (Å²) in [7, 11) is 0. The van der Waals surface area contributed by atoms with E-state index in [1.807, 2.05) is 23.1 Å². The van der Waals surface area contributed by atoms with Crippen molar-refractivity contribution in [1.82, 2.24) is 4.90 Å². The maximum absolute atomic E-state index is 12.7. The number of anilines is 2. The zero-order valence-corrected chi connectivity index (χ0v) is 15.6. The first-order valence-electron chi connectivity index (χ1n) is 9.14. The Morgan fingerprint density at radius 3 is 2.81 bits per heavy atom. The number of amides is 2. The molecule has 2 N–H and O–H groups in total. The van der Waals surface area contributed by atoms with Crippen LogP contribution < -0.4 is 10.6 Å². The van der Waals surface area contributed by atoms with Crippen LogP contribution in [0, 0.1) is 0 Å². The van der Waals surface area contributed by atoms with Gasteiger partial charge in [-0.05, 0) is 54.0 Å². The third-order valence-corrected chi connectivity index (χ3v) is 6.32. The van der Waals surface area contributed by atoms with Crippen molar-refractivity contribution in [1.29, 1.82) is 0 Å². The van der Waals surface area contributed by atoms with E-state index in [2.05, 4.69) is 11.4 Å². The van der Waals surface area contributed by atoms with Gasteiger partial charge in [0, 0.05) is 48.7 Å². The number of nitrogens with zero attached hydrogens (tertiary/aromatic N) is 2. The molecule has 136 valence electrons. The van der Waals surface area contributed by atoms with Crippen molar-refractivity contribution < 1.29 is 9.59 Å². The molecule has 6 heteroatoms. The maximum Gasteiger partial charge on any atom is 0.227 e. The second-order valence-corrected chi connectivity index (χ2v) is 7.93. The highest BCUT2D eigenvalue weighted by molar-refractivity contribution is 7.10. The molecule has 26 heavy (non-hydrogen) atoms. The number of nitrogens with two attached hydrogens (primary N) is 1. The van der Waals surface area contributed by atoms with E-state index in [1.54, 1.807) is 16.2 Å². The van der Waals surface area contributed by atoms with Crippen LogP contribution in [0.25, 0.3) is 0 Å². The summed E-state index contributed by atoms with van der Waals surface area (Å²) in [6.07, 6.45) is 3.26. The second kappa shape index (κ2) is 7.11. The first-order valence-corrected chi connectivity index (χ1v) is 10.0. The highest BCUT2D eigenvalue weighted by Gasteiger charge is 2.26. The van der Waals surface area contributed by atoms with Gasteiger partial charge >= 0.3 is 0 Å². The molecular formula is C20H23N3O2S. The van der Waals surface area contributed by atoms with Crippen LogP contribution in [-0.4, -0.2) is 29.8 Å². The molecule has 1 aromatic heterocycles. The van der Waals surface area contributed by atoms with E-state index >= 15 is 0 Å². The van der Waals surface area contributed by atoms with Crippen molar-refractivity contribution in [2.75, 3.05) is 23.7 Å². The number of carbonyl (C=O) groups excluding carboxylic acids is 2. The van der Waals surface area contributed by atoms with Crippen molar-refractivity contribution in [2.45, 2.75) is 38.6 Å². The lowest BCUT2D eigenvalue weighted by atomic mass is 9.99. The van der Waals surface area contributed by atoms with Crippen LogP contribution in [-0.2, 0) is 29.0 Å². The number of rotatable bonds is 3. The molecule has 2 aromatic rings. The van der Waals surface area contributed by atoms with Gasteiger partial charge in [-0.1, -0.05) is 6.07 Å². The normalized spacial score (nSPS) is 16.2. The number of thiophene rings is 1. The van der Waals surface area contributed by atoms with Crippen molar-refractivity contribution in [3.8, 4) is 0 Å². The minimum Gasteiger partial charge on any atom is -0.398 e. The van der Waals surface area contributed by atoms with Crippen LogP contribution in [0.1, 0.15) is 35.3 Å². The van der Waals surface area contributed by atoms with E-state index in [9.17, 15) is 9.59 Å². The lowest BCUT2D eigenvalue weighted by molar-refractivity contribution is -0.134. The minimum absolute atomic E-state index is 0.0122. The van der Waals surface area contributed by atoms with Gasteiger partial charge in [-0.2, -0.15) is 0 Å². The number of carbonyl (C=O) groups is 2. The van der Waals surface area contributed by atoms with Gasteiger partial charge in [0.1, 0.15) is 0 Å². The number of benzene rings is 1. The quantitative estimate of drug-likeness (QED) is 0.846. The molecule has 2 aliphatic heterocycles. The van der Waals surface area contributed by atoms with E-state index in [0.29, 0.717) is 13.1 Å². The first-order chi connectivity index (χ1) is 12.6. The van der Waals surface area contributed by atoms with E-state index in [-0.39, 0.29) is 24.7 Å². The average Bonchev–Trinajstić information content (AvgIpc) is 3.13. The van der Waals surface area contributed by atoms with Crippen LogP contribution in [0.4, 0.5) is 11.4 Å². The van der Waals surface area contributed by atoms with Crippen LogP contribution in [0.2, 0.25) is 0 Å². The zero-order chi connectivity index (χ0) is 18.1. The molecule has 0 saturated carbocycles. The first kappa shape index (κ1) is 17.1. The van der Waals surface area contributed by atoms with Crippen LogP contribution in [0.15, 0.2) is 29.6 Å². The summed E-state index contributed by atoms with van der Waals surface area (Å²) < 4.78 is 0. The number of nitrogen functional groups attached to an aromatic ring is 1. The standard InChI is InChI=1S/C20H23N3O2S/c21-16-4-1-5-17-15(16)3-2-10-23(17)20(25)7-6-19(24)22-11-8-18-14(13-22)9-12-26-18/h1,4-5,9,12H,2-3,6-8,10-11,13,21H2. The number of fused-ring (bicyclic) bond motifs is 2. The Bertz CT molecular complexity index is 845. The minimum atomic E-state index is 0.0122. The summed E-state index contributed by atoms with van der Waals surface area (Å²) in [5.41, 5.74) is 10.0. The Kier molecular flexibility index (Phi) is 4.68. The fourth-order valence-corrected chi connectivity index (χ4v) is 4.77. The molecule has 0 unspecified atom stereocenters. The molecule has 0 fully saturated rings. The van der Waals surface area contributed by atoms with Gasteiger partial charge in [0.15, 0.2) is 0 Å². The molecule has 2 aliphatic rings. The summed E-state index contributed by atoms with van der Waals surface area (Å²) >= 11 is 1.76. The molecule has 0 bridgehead atoms. The molecule has 0 spiro atoms. The average molecular weight is 369 g/mol. The van der Waals surface area contributed by atoms with E-state index in [1.165, 1.54) is 10.4 Å². The molecule has 4 rings (SSSR count). The van der Waals surface area contributed by atoms with Crippen LogP contribution in [0.3, 0.4) is 0 Å². The third-order valence-electron chi connectivity index (χ3n) is 5.30. The van der Waals surface area contributed by atoms with E-state index < -0.39 is 0 Å². The fraction of sp³-hybridized carbons (Fsp3) is 0.400. The summed E-state index contributed by atoms with van der Waals surface area (Å²) in [4.78, 5) is 30.4. The molecule has 0 aliphatic carbocycles. The van der Waals surface area contributed by atoms with Gasteiger partial charge in [-0.3, -0.25) is 9.59 Å². The van der Waals surface area contributed by atoms with Crippen molar-refractivity contribution in [3.05, 3.63) is 45.6 Å². The lowest BCUT2D eigenvalue weighted by Gasteiger charge is -2.31. The molecule has 2 amide bonds. The van der Waals surface area contributed by atoms with E-state index in [0.717, 1.165) is 42.7 Å². The van der Waals surface area contributed by atoms with Gasteiger partial charge in [0.25, 0.3) is 0 Å². The monoisotopic (exact) mass is 369 g/mol. The number of hydrogen-bond acceptors (Lipinski definition) is 4. The smallest absolute Gasteiger partial charge is 0.227 e. The summed E-state index contributed by atoms with van der Waals surface area (Å²) in [5, 5.41) is 2.08. The van der Waals surface area contributed by atoms with E-state index in [4.69, 9.17) is 5.73 Å². The molecule has 1 aromatic carbocycles. The second-order valence-electron chi connectivity index (χ2n) is 6.93. The molecule has 0 radical (unpaired) electrons. The Hall–Kier alpha value is -2.34. The number of hydrogen-bond donors (Lipinski definition) is 1. The molecular weight excluding hydrogens is 346 g/mol. The molecule has 3 heterocycles. The van der Waals surface area contributed by atoms with Crippen LogP contribution in [0.5, 0.6) is 0 Å². The summed E-state index contributed by atoms with van der Waals surface area (Å²) in [6, 6.07) is 7.81. The zero-order valence-electron chi connectivity index (χ0n) is 14.7. The van der Waals surface area contributed by atoms with Gasteiger partial charge < -0.3 is 15.5 Å². The topological polar surface area (TPSA) is 66.6 Å². The largest absolute Gasteiger partial charge is 0.398 e. The van der Waals surface area contributed by atoms with Gasteiger partial charge in [0.05, 0.1) is 0 Å². The lowest BCUT2D eigenvalue weighted by Crippen LogP contribution is -2.38. The highest BCUT2D eigenvalue weighted by atomic mass is 32.1. The third kappa shape index (κ3) is 3.21. The molecule has 5 nitrogen and oxygen atoms in total. The molecule has 0 atom stereocenters. The van der Waals surface area contributed by atoms with Crippen LogP contribution >= 0.6 is 11.3 Å². The summed E-state index contributed by atoms with van der Waals surface area (Å²) in [5.74, 6) is 0.0816. The Balaban J connectivity index is 1.38. The van der Waals surface area contributed by atoms with Crippen molar-refractivity contribution in [3.63, 3.8) is 0 Å². The highest BCUT2D eigenvalue weighted by Crippen LogP contribution is 2.32. The predicted molar refractivity (Wildman–Crippen MR) is 104 cm³/mol. The molecule has 0 saturated heterocycles. The predicted octanol–water partition coefficient (Wildman–Crippen LogP) is 2.97. The Morgan fingerprint density at radius 1 is 1.08 bits per heavy atom. The Morgan fingerprint density at radius 2 is 1.92 bits per heavy atom. The van der Waals surface area contributed by atoms with Crippen molar-refractivity contribution >= 4 is 34.5 Å². The fourth-order valence-electron chi connectivity index (χ4n) is 3.88. The Labute approximate surface area is 157 Å². The van der Waals surface area contributed by atoms with Gasteiger partial charge in [-0.25, -0.2) is 0 Å². The maximum atomic E-state index is 12.7. The summed E-state index contributed by atoms with van der Waals surface area (Å²) in [6.45, 7) is 2.13.